The second-order valence-corrected chi connectivity index (χ2v) is 7.39. The number of hydrogen-bond donors (Lipinski definition) is 1. The Morgan fingerprint density at radius 3 is 2.50 bits per heavy atom. The molecule has 152 valence electrons. The highest BCUT2D eigenvalue weighted by Gasteiger charge is 2.28. The highest BCUT2D eigenvalue weighted by molar-refractivity contribution is 6.33. The molecule has 0 aliphatic carbocycles. The number of hydrogen-bond acceptors (Lipinski definition) is 4. The summed E-state index contributed by atoms with van der Waals surface area (Å²) < 4.78 is 5.33. The van der Waals surface area contributed by atoms with E-state index in [0.717, 1.165) is 32.5 Å². The zero-order valence-electron chi connectivity index (χ0n) is 16.2. The van der Waals surface area contributed by atoms with Crippen LogP contribution in [0.5, 0.6) is 5.75 Å². The molecular formula is C21H27Cl2N3O2. The molecule has 1 aliphatic rings. The van der Waals surface area contributed by atoms with Crippen molar-refractivity contribution in [2.45, 2.75) is 25.4 Å². The number of benzene rings is 2. The van der Waals surface area contributed by atoms with Crippen LogP contribution < -0.4 is 10.5 Å². The van der Waals surface area contributed by atoms with Gasteiger partial charge in [-0.1, -0.05) is 41.9 Å². The second kappa shape index (κ2) is 10.0. The smallest absolute Gasteiger partial charge is 0.257 e. The number of nitrogen functional groups attached to an aromatic ring is 1. The predicted molar refractivity (Wildman–Crippen MR) is 116 cm³/mol. The van der Waals surface area contributed by atoms with Crippen LogP contribution in [0.4, 0.5) is 5.69 Å². The summed E-state index contributed by atoms with van der Waals surface area (Å²) in [5.74, 6) is 0.366. The zero-order chi connectivity index (χ0) is 19.4. The first-order chi connectivity index (χ1) is 13.0. The van der Waals surface area contributed by atoms with Crippen LogP contribution in [0.25, 0.3) is 0 Å². The van der Waals surface area contributed by atoms with Gasteiger partial charge < -0.3 is 15.4 Å². The molecule has 2 aromatic carbocycles. The van der Waals surface area contributed by atoms with Crippen LogP contribution in [0.3, 0.4) is 0 Å². The SMILES string of the molecule is COc1cc(N)c(Cl)cc1C(=O)N(C)C1CCN(Cc2ccccc2)CC1.Cl. The molecule has 0 spiro atoms. The number of nitrogens with two attached hydrogens (primary N) is 1. The van der Waals surface area contributed by atoms with Gasteiger partial charge in [0.05, 0.1) is 23.4 Å². The molecular weight excluding hydrogens is 397 g/mol. The van der Waals surface area contributed by atoms with Crippen molar-refractivity contribution in [3.05, 3.63) is 58.6 Å². The quantitative estimate of drug-likeness (QED) is 0.735. The van der Waals surface area contributed by atoms with E-state index in [4.69, 9.17) is 22.1 Å². The Morgan fingerprint density at radius 2 is 1.89 bits per heavy atom. The van der Waals surface area contributed by atoms with Gasteiger partial charge in [-0.25, -0.2) is 0 Å². The van der Waals surface area contributed by atoms with Gasteiger partial charge in [0.2, 0.25) is 0 Å². The fourth-order valence-electron chi connectivity index (χ4n) is 3.57. The monoisotopic (exact) mass is 423 g/mol. The Balaban J connectivity index is 0.00000280. The lowest BCUT2D eigenvalue weighted by Gasteiger charge is -2.37. The van der Waals surface area contributed by atoms with E-state index in [1.165, 1.54) is 12.7 Å². The lowest BCUT2D eigenvalue weighted by Crippen LogP contribution is -2.45. The summed E-state index contributed by atoms with van der Waals surface area (Å²) in [6.45, 7) is 2.89. The topological polar surface area (TPSA) is 58.8 Å². The van der Waals surface area contributed by atoms with Crippen molar-refractivity contribution in [1.82, 2.24) is 9.80 Å². The Morgan fingerprint density at radius 1 is 1.25 bits per heavy atom. The maximum absolute atomic E-state index is 13.0. The molecule has 0 bridgehead atoms. The molecule has 28 heavy (non-hydrogen) atoms. The summed E-state index contributed by atoms with van der Waals surface area (Å²) in [6.07, 6.45) is 1.89. The fraction of sp³-hybridized carbons (Fsp3) is 0.381. The van der Waals surface area contributed by atoms with Crippen molar-refractivity contribution in [3.8, 4) is 5.75 Å². The molecule has 1 heterocycles. The van der Waals surface area contributed by atoms with Gasteiger partial charge in [0.25, 0.3) is 5.91 Å². The van der Waals surface area contributed by atoms with Crippen molar-refractivity contribution in [2.75, 3.05) is 33.0 Å². The summed E-state index contributed by atoms with van der Waals surface area (Å²) in [5.41, 5.74) is 8.00. The standard InChI is InChI=1S/C21H26ClN3O2.ClH/c1-24(21(26)17-12-18(22)19(23)13-20(17)27-2)16-8-10-25(11-9-16)14-15-6-4-3-5-7-15;/h3-7,12-13,16H,8-11,14,23H2,1-2H3;1H. The third kappa shape index (κ3) is 5.10. The Labute approximate surface area is 177 Å². The minimum atomic E-state index is -0.0877. The van der Waals surface area contributed by atoms with E-state index < -0.39 is 0 Å². The molecule has 0 aromatic heterocycles. The van der Waals surface area contributed by atoms with Crippen LogP contribution in [0.15, 0.2) is 42.5 Å². The third-order valence-corrected chi connectivity index (χ3v) is 5.55. The van der Waals surface area contributed by atoms with Gasteiger partial charge in [0.1, 0.15) is 5.75 Å². The Hall–Kier alpha value is -1.95. The molecule has 1 aliphatic heterocycles. The number of carbonyl (C=O) groups excluding carboxylic acids is 1. The summed E-state index contributed by atoms with van der Waals surface area (Å²) >= 11 is 6.12. The van der Waals surface area contributed by atoms with Gasteiger partial charge >= 0.3 is 0 Å². The minimum Gasteiger partial charge on any atom is -0.496 e. The number of likely N-dealkylation sites (tertiary alicyclic amines) is 1. The van der Waals surface area contributed by atoms with Gasteiger partial charge in [0.15, 0.2) is 0 Å². The second-order valence-electron chi connectivity index (χ2n) is 6.98. The maximum atomic E-state index is 13.0. The third-order valence-electron chi connectivity index (χ3n) is 5.22. The molecule has 1 saturated heterocycles. The van der Waals surface area contributed by atoms with Crippen molar-refractivity contribution in [2.24, 2.45) is 0 Å². The molecule has 0 radical (unpaired) electrons. The van der Waals surface area contributed by atoms with Crippen LogP contribution >= 0.6 is 24.0 Å². The number of ether oxygens (including phenoxy) is 1. The molecule has 1 fully saturated rings. The lowest BCUT2D eigenvalue weighted by molar-refractivity contribution is 0.0633. The first-order valence-corrected chi connectivity index (χ1v) is 9.54. The molecule has 2 N–H and O–H groups in total. The van der Waals surface area contributed by atoms with Gasteiger partial charge in [0, 0.05) is 38.8 Å². The number of rotatable bonds is 5. The van der Waals surface area contributed by atoms with Gasteiger partial charge in [-0.15, -0.1) is 12.4 Å². The van der Waals surface area contributed by atoms with Crippen LogP contribution in [0.2, 0.25) is 5.02 Å². The average Bonchev–Trinajstić information content (AvgIpc) is 2.70. The molecule has 0 unspecified atom stereocenters. The average molecular weight is 424 g/mol. The van der Waals surface area contributed by atoms with Crippen LogP contribution in [-0.4, -0.2) is 49.0 Å². The summed E-state index contributed by atoms with van der Waals surface area (Å²) in [5, 5.41) is 0.366. The number of methoxy groups -OCH3 is 1. The molecule has 2 aromatic rings. The summed E-state index contributed by atoms with van der Waals surface area (Å²) in [4.78, 5) is 17.2. The number of piperidine rings is 1. The molecule has 5 nitrogen and oxygen atoms in total. The van der Waals surface area contributed by atoms with E-state index in [1.807, 2.05) is 18.0 Å². The fourth-order valence-corrected chi connectivity index (χ4v) is 3.73. The van der Waals surface area contributed by atoms with E-state index in [1.54, 1.807) is 12.1 Å². The molecule has 0 saturated carbocycles. The number of carbonyl (C=O) groups is 1. The van der Waals surface area contributed by atoms with Crippen LogP contribution in [-0.2, 0) is 6.54 Å². The van der Waals surface area contributed by atoms with E-state index in [2.05, 4.69) is 29.2 Å². The maximum Gasteiger partial charge on any atom is 0.257 e. The zero-order valence-corrected chi connectivity index (χ0v) is 17.8. The first kappa shape index (κ1) is 22.3. The van der Waals surface area contributed by atoms with E-state index in [0.29, 0.717) is 22.0 Å². The van der Waals surface area contributed by atoms with E-state index in [-0.39, 0.29) is 24.4 Å². The molecule has 3 rings (SSSR count). The Bertz CT molecular complexity index is 794. The van der Waals surface area contributed by atoms with Gasteiger partial charge in [-0.05, 0) is 24.5 Å². The number of halogens is 2. The minimum absolute atomic E-state index is 0. The normalized spacial score (nSPS) is 15.0. The largest absolute Gasteiger partial charge is 0.496 e. The van der Waals surface area contributed by atoms with E-state index in [9.17, 15) is 4.79 Å². The number of anilines is 1. The van der Waals surface area contributed by atoms with Gasteiger partial charge in [-0.2, -0.15) is 0 Å². The van der Waals surface area contributed by atoms with Crippen LogP contribution in [0, 0.1) is 0 Å². The Kier molecular flexibility index (Phi) is 7.98. The van der Waals surface area contributed by atoms with Gasteiger partial charge in [-0.3, -0.25) is 9.69 Å². The molecule has 0 atom stereocenters. The highest BCUT2D eigenvalue weighted by Crippen LogP contribution is 2.30. The number of amides is 1. The lowest BCUT2D eigenvalue weighted by atomic mass is 10.0. The molecule has 7 heteroatoms. The number of nitrogens with zero attached hydrogens (tertiary/aromatic N) is 2. The molecule has 1 amide bonds. The van der Waals surface area contributed by atoms with Crippen molar-refractivity contribution in [3.63, 3.8) is 0 Å². The highest BCUT2D eigenvalue weighted by atomic mass is 35.5. The van der Waals surface area contributed by atoms with E-state index >= 15 is 0 Å². The van der Waals surface area contributed by atoms with Crippen molar-refractivity contribution >= 4 is 35.6 Å². The van der Waals surface area contributed by atoms with Crippen molar-refractivity contribution in [1.29, 1.82) is 0 Å². The van der Waals surface area contributed by atoms with Crippen LogP contribution in [0.1, 0.15) is 28.8 Å². The predicted octanol–water partition coefficient (Wildman–Crippen LogP) is 4.09. The summed E-state index contributed by atoms with van der Waals surface area (Å²) in [7, 11) is 3.38. The van der Waals surface area contributed by atoms with Crippen molar-refractivity contribution < 1.29 is 9.53 Å². The first-order valence-electron chi connectivity index (χ1n) is 9.16. The summed E-state index contributed by atoms with van der Waals surface area (Å²) in [6, 6.07) is 13.9.